The van der Waals surface area contributed by atoms with E-state index in [1.807, 2.05) is 37.3 Å². The van der Waals surface area contributed by atoms with E-state index in [4.69, 9.17) is 10.00 Å². The van der Waals surface area contributed by atoms with Crippen molar-refractivity contribution in [2.75, 3.05) is 12.4 Å². The zero-order valence-corrected chi connectivity index (χ0v) is 13.8. The van der Waals surface area contributed by atoms with Crippen molar-refractivity contribution < 1.29 is 14.3 Å². The van der Waals surface area contributed by atoms with Crippen LogP contribution in [0.3, 0.4) is 0 Å². The first kappa shape index (κ1) is 18.2. The summed E-state index contributed by atoms with van der Waals surface area (Å²) in [7, 11) is 0. The minimum Gasteiger partial charge on any atom is -0.465 e. The highest BCUT2D eigenvalue weighted by Gasteiger charge is 2.18. The fourth-order valence-electron chi connectivity index (χ4n) is 2.01. The van der Waals surface area contributed by atoms with Crippen molar-refractivity contribution in [2.45, 2.75) is 33.1 Å². The van der Waals surface area contributed by atoms with Gasteiger partial charge in [0.1, 0.15) is 5.92 Å². The molecule has 0 bridgehead atoms. The van der Waals surface area contributed by atoms with Gasteiger partial charge in [0.2, 0.25) is 5.12 Å². The average molecular weight is 319 g/mol. The lowest BCUT2D eigenvalue weighted by Gasteiger charge is -2.08. The van der Waals surface area contributed by atoms with E-state index in [9.17, 15) is 9.59 Å². The number of esters is 1. The zero-order chi connectivity index (χ0) is 16.4. The Morgan fingerprint density at radius 3 is 2.50 bits per heavy atom. The molecule has 0 amide bonds. The van der Waals surface area contributed by atoms with Crippen LogP contribution in [0.25, 0.3) is 0 Å². The highest BCUT2D eigenvalue weighted by Crippen LogP contribution is 2.16. The van der Waals surface area contributed by atoms with Gasteiger partial charge in [-0.05, 0) is 37.5 Å². The van der Waals surface area contributed by atoms with Gasteiger partial charge in [-0.3, -0.25) is 9.59 Å². The average Bonchev–Trinajstić information content (AvgIpc) is 2.52. The molecule has 0 heterocycles. The van der Waals surface area contributed by atoms with Gasteiger partial charge in [0.05, 0.1) is 12.7 Å². The van der Waals surface area contributed by atoms with Crippen LogP contribution in [0.5, 0.6) is 0 Å². The van der Waals surface area contributed by atoms with Crippen molar-refractivity contribution in [1.29, 1.82) is 5.26 Å². The maximum Gasteiger partial charge on any atom is 0.323 e. The lowest BCUT2D eigenvalue weighted by molar-refractivity contribution is -0.146. The van der Waals surface area contributed by atoms with Gasteiger partial charge in [-0.1, -0.05) is 43.0 Å². The first-order chi connectivity index (χ1) is 10.6. The fraction of sp³-hybridized carbons (Fsp3) is 0.471. The lowest BCUT2D eigenvalue weighted by atomic mass is 10.0. The number of hydrogen-bond donors (Lipinski definition) is 0. The van der Waals surface area contributed by atoms with Gasteiger partial charge < -0.3 is 4.74 Å². The number of rotatable bonds is 8. The Morgan fingerprint density at radius 2 is 1.95 bits per heavy atom. The number of carbonyl (C=O) groups excluding carboxylic acids is 2. The normalized spacial score (nSPS) is 11.5. The molecule has 1 aromatic carbocycles. The molecule has 0 N–H and O–H groups in total. The molecule has 0 aliphatic heterocycles. The van der Waals surface area contributed by atoms with Crippen LogP contribution in [0.4, 0.5) is 0 Å². The smallest absolute Gasteiger partial charge is 0.323 e. The summed E-state index contributed by atoms with van der Waals surface area (Å²) >= 11 is 1.30. The highest BCUT2D eigenvalue weighted by molar-refractivity contribution is 8.14. The van der Waals surface area contributed by atoms with Gasteiger partial charge >= 0.3 is 5.97 Å². The molecule has 4 nitrogen and oxygen atoms in total. The van der Waals surface area contributed by atoms with Crippen LogP contribution in [0.15, 0.2) is 24.3 Å². The molecule has 1 atom stereocenters. The molecule has 0 fully saturated rings. The molecule has 0 saturated heterocycles. The second-order valence-corrected chi connectivity index (χ2v) is 5.98. The lowest BCUT2D eigenvalue weighted by Crippen LogP contribution is -2.16. The molecule has 118 valence electrons. The van der Waals surface area contributed by atoms with E-state index in [0.29, 0.717) is 18.6 Å². The van der Waals surface area contributed by atoms with Gasteiger partial charge in [-0.15, -0.1) is 0 Å². The standard InChI is InChI=1S/C17H21NO3S/c1-3-21-16(19)15(12-18)7-5-6-13-8-10-14(11-9-13)17(20)22-4-2/h8-11,15H,3-7H2,1-2H3. The number of thioether (sulfide) groups is 1. The van der Waals surface area contributed by atoms with Crippen molar-refractivity contribution in [3.63, 3.8) is 0 Å². The molecule has 1 rings (SSSR count). The Balaban J connectivity index is 2.46. The molecule has 0 aliphatic rings. The van der Waals surface area contributed by atoms with E-state index in [1.165, 1.54) is 11.8 Å². The molecular weight excluding hydrogens is 298 g/mol. The van der Waals surface area contributed by atoms with E-state index in [-0.39, 0.29) is 5.12 Å². The minimum absolute atomic E-state index is 0.0842. The van der Waals surface area contributed by atoms with Gasteiger partial charge in [-0.2, -0.15) is 5.26 Å². The second kappa shape index (κ2) is 10.0. The monoisotopic (exact) mass is 319 g/mol. The summed E-state index contributed by atoms with van der Waals surface area (Å²) in [5, 5.41) is 9.06. The first-order valence-electron chi connectivity index (χ1n) is 7.44. The molecule has 0 aliphatic carbocycles. The van der Waals surface area contributed by atoms with Crippen molar-refractivity contribution >= 4 is 22.8 Å². The Bertz CT molecular complexity index is 534. The topological polar surface area (TPSA) is 67.2 Å². The molecule has 0 saturated carbocycles. The van der Waals surface area contributed by atoms with Crippen LogP contribution >= 0.6 is 11.8 Å². The van der Waals surface area contributed by atoms with E-state index in [0.717, 1.165) is 24.2 Å². The van der Waals surface area contributed by atoms with Crippen molar-refractivity contribution in [1.82, 2.24) is 0 Å². The summed E-state index contributed by atoms with van der Waals surface area (Å²) in [4.78, 5) is 23.2. The Labute approximate surface area is 135 Å². The summed E-state index contributed by atoms with van der Waals surface area (Å²) in [5.74, 6) is -0.367. The Kier molecular flexibility index (Phi) is 8.31. The summed E-state index contributed by atoms with van der Waals surface area (Å²) in [6.45, 7) is 3.97. The number of benzene rings is 1. The van der Waals surface area contributed by atoms with Crippen LogP contribution in [-0.4, -0.2) is 23.4 Å². The summed E-state index contributed by atoms with van der Waals surface area (Å²) < 4.78 is 4.86. The van der Waals surface area contributed by atoms with Gasteiger partial charge in [0.25, 0.3) is 0 Å². The van der Waals surface area contributed by atoms with E-state index >= 15 is 0 Å². The third-order valence-electron chi connectivity index (χ3n) is 3.15. The van der Waals surface area contributed by atoms with Crippen LogP contribution in [0.2, 0.25) is 0 Å². The largest absolute Gasteiger partial charge is 0.465 e. The molecule has 22 heavy (non-hydrogen) atoms. The minimum atomic E-state index is -0.693. The highest BCUT2D eigenvalue weighted by atomic mass is 32.2. The summed E-state index contributed by atoms with van der Waals surface area (Å²) in [5.41, 5.74) is 1.80. The summed E-state index contributed by atoms with van der Waals surface area (Å²) in [6.07, 6.45) is 1.99. The third kappa shape index (κ3) is 5.90. The maximum absolute atomic E-state index is 11.7. The quantitative estimate of drug-likeness (QED) is 0.685. The Morgan fingerprint density at radius 1 is 1.27 bits per heavy atom. The molecule has 1 unspecified atom stereocenters. The van der Waals surface area contributed by atoms with Crippen LogP contribution < -0.4 is 0 Å². The zero-order valence-electron chi connectivity index (χ0n) is 13.0. The van der Waals surface area contributed by atoms with Gasteiger partial charge in [-0.25, -0.2) is 0 Å². The predicted octanol–water partition coefficient (Wildman–Crippen LogP) is 3.61. The van der Waals surface area contributed by atoms with Crippen molar-refractivity contribution in [2.24, 2.45) is 5.92 Å². The number of nitriles is 1. The second-order valence-electron chi connectivity index (χ2n) is 4.74. The maximum atomic E-state index is 11.7. The van der Waals surface area contributed by atoms with Crippen LogP contribution in [0, 0.1) is 17.2 Å². The first-order valence-corrected chi connectivity index (χ1v) is 8.43. The third-order valence-corrected chi connectivity index (χ3v) is 3.94. The number of aryl methyl sites for hydroxylation is 1. The molecule has 1 aromatic rings. The SMILES string of the molecule is CCOC(=O)C(C#N)CCCc1ccc(C(=O)SCC)cc1. The van der Waals surface area contributed by atoms with Crippen LogP contribution in [-0.2, 0) is 16.0 Å². The number of carbonyl (C=O) groups is 2. The number of nitrogens with zero attached hydrogens (tertiary/aromatic N) is 1. The summed E-state index contributed by atoms with van der Waals surface area (Å²) in [6, 6.07) is 9.49. The van der Waals surface area contributed by atoms with E-state index in [1.54, 1.807) is 6.92 Å². The van der Waals surface area contributed by atoms with E-state index < -0.39 is 11.9 Å². The number of hydrogen-bond acceptors (Lipinski definition) is 5. The van der Waals surface area contributed by atoms with E-state index in [2.05, 4.69) is 0 Å². The molecule has 5 heteroatoms. The van der Waals surface area contributed by atoms with Crippen molar-refractivity contribution in [3.05, 3.63) is 35.4 Å². The number of ether oxygens (including phenoxy) is 1. The van der Waals surface area contributed by atoms with Crippen LogP contribution in [0.1, 0.15) is 42.6 Å². The molecule has 0 radical (unpaired) electrons. The molecule has 0 aromatic heterocycles. The van der Waals surface area contributed by atoms with Gasteiger partial charge in [0, 0.05) is 5.56 Å². The molecular formula is C17H21NO3S. The predicted molar refractivity (Wildman–Crippen MR) is 87.6 cm³/mol. The fourth-order valence-corrected chi connectivity index (χ4v) is 2.58. The molecule has 0 spiro atoms. The Hall–Kier alpha value is -1.80. The van der Waals surface area contributed by atoms with Crippen molar-refractivity contribution in [3.8, 4) is 6.07 Å². The van der Waals surface area contributed by atoms with Gasteiger partial charge in [0.15, 0.2) is 0 Å².